The lowest BCUT2D eigenvalue weighted by atomic mass is 10.6. The Hall–Kier alpha value is -2.18. The highest BCUT2D eigenvalue weighted by molar-refractivity contribution is 5.71. The highest BCUT2D eigenvalue weighted by atomic mass is 16.6. The number of nitrogens with zero attached hydrogens (tertiary/aromatic N) is 4. The average molecular weight is 222 g/mol. The number of hydrogen-bond acceptors (Lipinski definition) is 6. The van der Waals surface area contributed by atoms with Gasteiger partial charge in [0.1, 0.15) is 5.82 Å². The first-order chi connectivity index (χ1) is 7.72. The Morgan fingerprint density at radius 3 is 3.06 bits per heavy atom. The zero-order chi connectivity index (χ0) is 11.5. The molecule has 7 heteroatoms. The van der Waals surface area contributed by atoms with Crippen LogP contribution in [0.5, 0.6) is 5.88 Å². The molecule has 0 aliphatic carbocycles. The van der Waals surface area contributed by atoms with Crippen molar-refractivity contribution in [2.75, 3.05) is 13.7 Å². The predicted molar refractivity (Wildman–Crippen MR) is 53.0 cm³/mol. The summed E-state index contributed by atoms with van der Waals surface area (Å²) in [4.78, 5) is 14.9. The number of carbonyl (C=O) groups is 1. The lowest BCUT2D eigenvalue weighted by Crippen LogP contribution is -2.13. The summed E-state index contributed by atoms with van der Waals surface area (Å²) in [7, 11) is 1.29. The van der Waals surface area contributed by atoms with E-state index in [0.717, 1.165) is 5.82 Å². The number of esters is 1. The van der Waals surface area contributed by atoms with Crippen molar-refractivity contribution in [3.05, 3.63) is 18.2 Å². The van der Waals surface area contributed by atoms with Gasteiger partial charge < -0.3 is 9.47 Å². The summed E-state index contributed by atoms with van der Waals surface area (Å²) in [5.74, 6) is 0.508. The summed E-state index contributed by atoms with van der Waals surface area (Å²) in [6, 6.07) is 0. The lowest BCUT2D eigenvalue weighted by Gasteiger charge is -2.03. The maximum absolute atomic E-state index is 10.9. The van der Waals surface area contributed by atoms with Crippen molar-refractivity contribution >= 4 is 11.6 Å². The van der Waals surface area contributed by atoms with E-state index in [4.69, 9.17) is 4.74 Å². The molecule has 2 aromatic heterocycles. The maximum Gasteiger partial charge on any atom is 0.343 e. The number of fused-ring (bicyclic) bond motifs is 1. The van der Waals surface area contributed by atoms with Crippen molar-refractivity contribution in [2.45, 2.75) is 6.92 Å². The minimum atomic E-state index is -0.472. The van der Waals surface area contributed by atoms with E-state index in [0.29, 0.717) is 5.65 Å². The van der Waals surface area contributed by atoms with Crippen LogP contribution >= 0.6 is 0 Å². The number of aryl methyl sites for hydroxylation is 1. The van der Waals surface area contributed by atoms with Crippen molar-refractivity contribution in [2.24, 2.45) is 0 Å². The molecule has 0 bridgehead atoms. The maximum atomic E-state index is 10.9. The fourth-order valence-corrected chi connectivity index (χ4v) is 1.21. The molecule has 2 heterocycles. The number of carbonyl (C=O) groups excluding carboxylic acids is 1. The molecule has 0 aromatic carbocycles. The van der Waals surface area contributed by atoms with E-state index < -0.39 is 5.97 Å². The Morgan fingerprint density at radius 1 is 1.50 bits per heavy atom. The molecule has 0 N–H and O–H groups in total. The van der Waals surface area contributed by atoms with Crippen LogP contribution in [0.1, 0.15) is 5.82 Å². The highest BCUT2D eigenvalue weighted by Gasteiger charge is 2.10. The van der Waals surface area contributed by atoms with Crippen LogP contribution in [0.3, 0.4) is 0 Å². The summed E-state index contributed by atoms with van der Waals surface area (Å²) < 4.78 is 11.4. The van der Waals surface area contributed by atoms with E-state index >= 15 is 0 Å². The molecule has 0 aliphatic heterocycles. The molecule has 84 valence electrons. The summed E-state index contributed by atoms with van der Waals surface area (Å²) >= 11 is 0. The fraction of sp³-hybridized carbons (Fsp3) is 0.333. The van der Waals surface area contributed by atoms with Crippen LogP contribution in [0, 0.1) is 6.92 Å². The molecule has 0 saturated heterocycles. The van der Waals surface area contributed by atoms with Gasteiger partial charge in [0, 0.05) is 12.4 Å². The summed E-state index contributed by atoms with van der Waals surface area (Å²) in [5.41, 5.74) is 0.476. The van der Waals surface area contributed by atoms with Gasteiger partial charge in [0.25, 0.3) is 5.88 Å². The van der Waals surface area contributed by atoms with Crippen molar-refractivity contribution in [1.82, 2.24) is 19.6 Å². The van der Waals surface area contributed by atoms with Crippen LogP contribution in [-0.2, 0) is 9.53 Å². The molecule has 2 aromatic rings. The second-order valence-corrected chi connectivity index (χ2v) is 3.04. The van der Waals surface area contributed by atoms with Crippen LogP contribution in [0.15, 0.2) is 12.4 Å². The Kier molecular flexibility index (Phi) is 2.67. The normalized spacial score (nSPS) is 10.4. The second kappa shape index (κ2) is 4.13. The van der Waals surface area contributed by atoms with Crippen LogP contribution in [0.2, 0.25) is 0 Å². The topological polar surface area (TPSA) is 78.6 Å². The summed E-state index contributed by atoms with van der Waals surface area (Å²) in [6.07, 6.45) is 3.27. The smallest absolute Gasteiger partial charge is 0.343 e. The SMILES string of the molecule is COC(=O)COc1nccn2c(C)nnc12. The molecule has 2 rings (SSSR count). The number of hydrogen-bond donors (Lipinski definition) is 0. The molecule has 0 unspecified atom stereocenters. The summed E-state index contributed by atoms with van der Waals surface area (Å²) in [5, 5.41) is 7.78. The molecule has 0 aliphatic rings. The van der Waals surface area contributed by atoms with Crippen LogP contribution in [-0.4, -0.2) is 39.3 Å². The van der Waals surface area contributed by atoms with Gasteiger partial charge in [-0.05, 0) is 6.92 Å². The molecule has 0 amide bonds. The third-order valence-electron chi connectivity index (χ3n) is 2.02. The van der Waals surface area contributed by atoms with Crippen LogP contribution < -0.4 is 4.74 Å². The molecule has 0 saturated carbocycles. The van der Waals surface area contributed by atoms with E-state index in [-0.39, 0.29) is 12.5 Å². The Labute approximate surface area is 91.0 Å². The van der Waals surface area contributed by atoms with Gasteiger partial charge in [0.05, 0.1) is 7.11 Å². The molecular weight excluding hydrogens is 212 g/mol. The van der Waals surface area contributed by atoms with Crippen molar-refractivity contribution in [1.29, 1.82) is 0 Å². The predicted octanol–water partition coefficient (Wildman–Crippen LogP) is -0.0155. The Balaban J connectivity index is 2.27. The van der Waals surface area contributed by atoms with Gasteiger partial charge in [-0.25, -0.2) is 9.78 Å². The Morgan fingerprint density at radius 2 is 2.31 bits per heavy atom. The third-order valence-corrected chi connectivity index (χ3v) is 2.02. The molecule has 0 atom stereocenters. The van der Waals surface area contributed by atoms with E-state index in [1.165, 1.54) is 7.11 Å². The Bertz CT molecular complexity index is 522. The van der Waals surface area contributed by atoms with Gasteiger partial charge in [-0.1, -0.05) is 0 Å². The summed E-state index contributed by atoms with van der Waals surface area (Å²) in [6.45, 7) is 1.61. The van der Waals surface area contributed by atoms with E-state index in [2.05, 4.69) is 19.9 Å². The average Bonchev–Trinajstić information content (AvgIpc) is 2.69. The zero-order valence-electron chi connectivity index (χ0n) is 8.88. The molecule has 0 radical (unpaired) electrons. The van der Waals surface area contributed by atoms with E-state index in [9.17, 15) is 4.79 Å². The number of aromatic nitrogens is 4. The van der Waals surface area contributed by atoms with Gasteiger partial charge >= 0.3 is 5.97 Å². The van der Waals surface area contributed by atoms with Crippen molar-refractivity contribution in [3.8, 4) is 5.88 Å². The first kappa shape index (κ1) is 10.3. The monoisotopic (exact) mass is 222 g/mol. The van der Waals surface area contributed by atoms with Crippen LogP contribution in [0.4, 0.5) is 0 Å². The van der Waals surface area contributed by atoms with Gasteiger partial charge in [0.15, 0.2) is 6.61 Å². The molecule has 0 fully saturated rings. The van der Waals surface area contributed by atoms with Gasteiger partial charge in [-0.3, -0.25) is 4.40 Å². The number of methoxy groups -OCH3 is 1. The molecule has 0 spiro atoms. The number of rotatable bonds is 3. The van der Waals surface area contributed by atoms with Gasteiger partial charge in [-0.15, -0.1) is 10.2 Å². The zero-order valence-corrected chi connectivity index (χ0v) is 8.88. The molecule has 16 heavy (non-hydrogen) atoms. The second-order valence-electron chi connectivity index (χ2n) is 3.04. The standard InChI is InChI=1S/C9H10N4O3/c1-6-11-12-8-9(10-3-4-13(6)8)16-5-7(14)15-2/h3-4H,5H2,1-2H3. The van der Waals surface area contributed by atoms with Gasteiger partial charge in [0.2, 0.25) is 5.65 Å². The van der Waals surface area contributed by atoms with Crippen molar-refractivity contribution in [3.63, 3.8) is 0 Å². The first-order valence-corrected chi connectivity index (χ1v) is 4.58. The first-order valence-electron chi connectivity index (χ1n) is 4.58. The molecule has 7 nitrogen and oxygen atoms in total. The fourth-order valence-electron chi connectivity index (χ4n) is 1.21. The quantitative estimate of drug-likeness (QED) is 0.679. The van der Waals surface area contributed by atoms with Gasteiger partial charge in [-0.2, -0.15) is 0 Å². The largest absolute Gasteiger partial charge is 0.466 e. The lowest BCUT2D eigenvalue weighted by molar-refractivity contribution is -0.142. The van der Waals surface area contributed by atoms with Crippen LogP contribution in [0.25, 0.3) is 5.65 Å². The van der Waals surface area contributed by atoms with E-state index in [1.54, 1.807) is 16.8 Å². The van der Waals surface area contributed by atoms with E-state index in [1.807, 2.05) is 6.92 Å². The third kappa shape index (κ3) is 1.79. The number of ether oxygens (including phenoxy) is 2. The highest BCUT2D eigenvalue weighted by Crippen LogP contribution is 2.14. The minimum Gasteiger partial charge on any atom is -0.466 e. The minimum absolute atomic E-state index is 0.199. The van der Waals surface area contributed by atoms with Crippen molar-refractivity contribution < 1.29 is 14.3 Å². The molecular formula is C9H10N4O3.